The second kappa shape index (κ2) is 4.83. The molecule has 0 saturated carbocycles. The number of phenolic OH excluding ortho intramolecular Hbond substituents is 2. The van der Waals surface area contributed by atoms with Crippen LogP contribution in [-0.4, -0.2) is 27.0 Å². The molecule has 78 valence electrons. The van der Waals surface area contributed by atoms with Crippen LogP contribution >= 0.6 is 0 Å². The molecule has 0 aliphatic carbocycles. The summed E-state index contributed by atoms with van der Waals surface area (Å²) < 4.78 is 0. The molecule has 1 atom stereocenters. The molecule has 1 aromatic carbocycles. The van der Waals surface area contributed by atoms with E-state index in [-0.39, 0.29) is 18.1 Å². The Morgan fingerprint density at radius 2 is 1.93 bits per heavy atom. The van der Waals surface area contributed by atoms with Gasteiger partial charge in [-0.05, 0) is 31.0 Å². The Morgan fingerprint density at radius 3 is 2.57 bits per heavy atom. The molecule has 0 spiro atoms. The smallest absolute Gasteiger partial charge is 0.121 e. The maximum atomic E-state index is 9.57. The molecule has 0 bridgehead atoms. The monoisotopic (exact) mass is 198 g/mol. The first-order valence-corrected chi connectivity index (χ1v) is 4.46. The second-order valence-corrected chi connectivity index (χ2v) is 3.12. The standard InChI is InChI=1S/C10H14O4/c11-5-1-2-9(13)8-6-7(12)3-4-10(8)14/h3-4,6,9,11-14H,1-2,5H2. The van der Waals surface area contributed by atoms with Crippen LogP contribution in [0.5, 0.6) is 11.5 Å². The van der Waals surface area contributed by atoms with E-state index in [1.54, 1.807) is 0 Å². The largest absolute Gasteiger partial charge is 0.508 e. The lowest BCUT2D eigenvalue weighted by Crippen LogP contribution is -1.99. The molecule has 0 aliphatic rings. The van der Waals surface area contributed by atoms with Gasteiger partial charge in [0, 0.05) is 12.2 Å². The second-order valence-electron chi connectivity index (χ2n) is 3.12. The zero-order valence-electron chi connectivity index (χ0n) is 7.72. The van der Waals surface area contributed by atoms with Crippen molar-refractivity contribution in [2.24, 2.45) is 0 Å². The predicted molar refractivity (Wildman–Crippen MR) is 51.1 cm³/mol. The predicted octanol–water partition coefficient (Wildman–Crippen LogP) is 0.904. The molecule has 1 rings (SSSR count). The molecule has 0 aliphatic heterocycles. The van der Waals surface area contributed by atoms with Crippen LogP contribution in [0.2, 0.25) is 0 Å². The van der Waals surface area contributed by atoms with E-state index in [4.69, 9.17) is 10.2 Å². The summed E-state index contributed by atoms with van der Waals surface area (Å²) in [7, 11) is 0. The number of aliphatic hydroxyl groups excluding tert-OH is 2. The average Bonchev–Trinajstić information content (AvgIpc) is 2.18. The molecule has 1 aromatic rings. The van der Waals surface area contributed by atoms with Crippen molar-refractivity contribution >= 4 is 0 Å². The van der Waals surface area contributed by atoms with E-state index in [0.29, 0.717) is 18.4 Å². The van der Waals surface area contributed by atoms with Gasteiger partial charge in [0.05, 0.1) is 6.10 Å². The summed E-state index contributed by atoms with van der Waals surface area (Å²) in [5, 5.41) is 36.6. The zero-order valence-corrected chi connectivity index (χ0v) is 7.72. The molecule has 0 saturated heterocycles. The van der Waals surface area contributed by atoms with E-state index in [2.05, 4.69) is 0 Å². The summed E-state index contributed by atoms with van der Waals surface area (Å²) in [6.07, 6.45) is -0.0432. The van der Waals surface area contributed by atoms with Gasteiger partial charge in [0.15, 0.2) is 0 Å². The van der Waals surface area contributed by atoms with E-state index in [1.807, 2.05) is 0 Å². The molecule has 4 heteroatoms. The molecule has 14 heavy (non-hydrogen) atoms. The molecule has 0 fully saturated rings. The minimum atomic E-state index is -0.853. The third kappa shape index (κ3) is 2.61. The lowest BCUT2D eigenvalue weighted by Gasteiger charge is -2.11. The lowest BCUT2D eigenvalue weighted by atomic mass is 10.0. The van der Waals surface area contributed by atoms with Crippen LogP contribution in [-0.2, 0) is 0 Å². The first-order chi connectivity index (χ1) is 6.65. The van der Waals surface area contributed by atoms with Crippen molar-refractivity contribution in [3.8, 4) is 11.5 Å². The molecule has 0 amide bonds. The summed E-state index contributed by atoms with van der Waals surface area (Å²) in [5.41, 5.74) is 0.290. The fourth-order valence-electron chi connectivity index (χ4n) is 1.25. The summed E-state index contributed by atoms with van der Waals surface area (Å²) in [6.45, 7) is -0.00334. The van der Waals surface area contributed by atoms with Gasteiger partial charge in [0.2, 0.25) is 0 Å². The van der Waals surface area contributed by atoms with Gasteiger partial charge in [-0.1, -0.05) is 0 Å². The Balaban J connectivity index is 2.77. The molecule has 1 unspecified atom stereocenters. The van der Waals surface area contributed by atoms with E-state index >= 15 is 0 Å². The molecular weight excluding hydrogens is 184 g/mol. The maximum absolute atomic E-state index is 9.57. The number of aliphatic hydroxyl groups is 2. The summed E-state index contributed by atoms with van der Waals surface area (Å²) in [5.74, 6) is -0.0471. The van der Waals surface area contributed by atoms with Gasteiger partial charge in [-0.2, -0.15) is 0 Å². The Bertz CT molecular complexity index is 298. The maximum Gasteiger partial charge on any atom is 0.121 e. The number of rotatable bonds is 4. The lowest BCUT2D eigenvalue weighted by molar-refractivity contribution is 0.148. The van der Waals surface area contributed by atoms with Crippen LogP contribution in [0.15, 0.2) is 18.2 Å². The highest BCUT2D eigenvalue weighted by Crippen LogP contribution is 2.30. The number of phenols is 2. The SMILES string of the molecule is OCCCC(O)c1cc(O)ccc1O. The van der Waals surface area contributed by atoms with Gasteiger partial charge in [0.1, 0.15) is 11.5 Å². The first-order valence-electron chi connectivity index (χ1n) is 4.46. The van der Waals surface area contributed by atoms with Crippen molar-refractivity contribution in [1.29, 1.82) is 0 Å². The zero-order chi connectivity index (χ0) is 10.6. The molecule has 4 nitrogen and oxygen atoms in total. The minimum Gasteiger partial charge on any atom is -0.508 e. The van der Waals surface area contributed by atoms with Crippen LogP contribution in [0.1, 0.15) is 24.5 Å². The average molecular weight is 198 g/mol. The van der Waals surface area contributed by atoms with E-state index < -0.39 is 6.10 Å². The highest BCUT2D eigenvalue weighted by Gasteiger charge is 2.12. The van der Waals surface area contributed by atoms with Crippen LogP contribution in [0.3, 0.4) is 0 Å². The highest BCUT2D eigenvalue weighted by molar-refractivity contribution is 5.39. The quantitative estimate of drug-likeness (QED) is 0.542. The Labute approximate surface area is 82.1 Å². The molecule has 0 aromatic heterocycles. The number of hydrogen-bond acceptors (Lipinski definition) is 4. The summed E-state index contributed by atoms with van der Waals surface area (Å²) in [6, 6.07) is 3.99. The third-order valence-corrected chi connectivity index (χ3v) is 2.01. The van der Waals surface area contributed by atoms with E-state index in [9.17, 15) is 10.2 Å². The Morgan fingerprint density at radius 1 is 1.21 bits per heavy atom. The van der Waals surface area contributed by atoms with Crippen molar-refractivity contribution in [3.63, 3.8) is 0 Å². The van der Waals surface area contributed by atoms with Gasteiger partial charge < -0.3 is 20.4 Å². The van der Waals surface area contributed by atoms with Crippen molar-refractivity contribution in [1.82, 2.24) is 0 Å². The van der Waals surface area contributed by atoms with Gasteiger partial charge in [-0.3, -0.25) is 0 Å². The number of aromatic hydroxyl groups is 2. The fraction of sp³-hybridized carbons (Fsp3) is 0.400. The minimum absolute atomic E-state index is 0.000786. The van der Waals surface area contributed by atoms with Crippen LogP contribution < -0.4 is 0 Å². The summed E-state index contributed by atoms with van der Waals surface area (Å²) in [4.78, 5) is 0. The van der Waals surface area contributed by atoms with Crippen molar-refractivity contribution in [2.75, 3.05) is 6.61 Å². The summed E-state index contributed by atoms with van der Waals surface area (Å²) >= 11 is 0. The van der Waals surface area contributed by atoms with Crippen LogP contribution in [0.25, 0.3) is 0 Å². The van der Waals surface area contributed by atoms with Gasteiger partial charge in [-0.25, -0.2) is 0 Å². The third-order valence-electron chi connectivity index (χ3n) is 2.01. The molecule has 4 N–H and O–H groups in total. The van der Waals surface area contributed by atoms with Crippen LogP contribution in [0.4, 0.5) is 0 Å². The number of hydrogen-bond donors (Lipinski definition) is 4. The van der Waals surface area contributed by atoms with Crippen molar-refractivity contribution in [3.05, 3.63) is 23.8 Å². The van der Waals surface area contributed by atoms with E-state index in [0.717, 1.165) is 0 Å². The van der Waals surface area contributed by atoms with Gasteiger partial charge >= 0.3 is 0 Å². The van der Waals surface area contributed by atoms with Crippen molar-refractivity contribution in [2.45, 2.75) is 18.9 Å². The normalized spacial score (nSPS) is 12.7. The molecule has 0 radical (unpaired) electrons. The first kappa shape index (κ1) is 10.8. The fourth-order valence-corrected chi connectivity index (χ4v) is 1.25. The Kier molecular flexibility index (Phi) is 3.73. The van der Waals surface area contributed by atoms with Crippen molar-refractivity contribution < 1.29 is 20.4 Å². The number of benzene rings is 1. The van der Waals surface area contributed by atoms with Gasteiger partial charge in [-0.15, -0.1) is 0 Å². The van der Waals surface area contributed by atoms with Crippen LogP contribution in [0, 0.1) is 0 Å². The highest BCUT2D eigenvalue weighted by atomic mass is 16.3. The van der Waals surface area contributed by atoms with Gasteiger partial charge in [0.25, 0.3) is 0 Å². The topological polar surface area (TPSA) is 80.9 Å². The van der Waals surface area contributed by atoms with E-state index in [1.165, 1.54) is 18.2 Å². The Hall–Kier alpha value is -1.26. The molecular formula is C10H14O4. The molecule has 0 heterocycles.